The van der Waals surface area contributed by atoms with Crippen molar-refractivity contribution in [2.24, 2.45) is 11.8 Å². The summed E-state index contributed by atoms with van der Waals surface area (Å²) in [6, 6.07) is 38.4. The minimum atomic E-state index is -0.0931. The van der Waals surface area contributed by atoms with Crippen molar-refractivity contribution in [3.63, 3.8) is 0 Å². The standard InChI is InChI=1S/C38H33Br/c1-24-21-25(2)23-30(22-24)38(3)36-33(29-13-11-26(12-14-29)27-15-18-31(39)19-16-27)9-6-10-34(36)35-20-17-28-7-4-5-8-32(28)37(35)38/h4-20,25,30H,1,21-23H2,2-3H3. The Morgan fingerprint density at radius 3 is 2.05 bits per heavy atom. The van der Waals surface area contributed by atoms with Gasteiger partial charge in [0.1, 0.15) is 0 Å². The fraction of sp³-hybridized carbons (Fsp3) is 0.211. The van der Waals surface area contributed by atoms with E-state index in [4.69, 9.17) is 0 Å². The second kappa shape index (κ2) is 9.35. The van der Waals surface area contributed by atoms with Gasteiger partial charge in [0.25, 0.3) is 0 Å². The summed E-state index contributed by atoms with van der Waals surface area (Å²) in [4.78, 5) is 0. The first-order valence-corrected chi connectivity index (χ1v) is 14.9. The Labute approximate surface area is 240 Å². The molecule has 0 N–H and O–H groups in total. The fourth-order valence-electron chi connectivity index (χ4n) is 7.67. The molecule has 0 bridgehead atoms. The molecule has 39 heavy (non-hydrogen) atoms. The molecule has 0 heterocycles. The van der Waals surface area contributed by atoms with E-state index in [1.165, 1.54) is 67.3 Å². The maximum absolute atomic E-state index is 4.51. The van der Waals surface area contributed by atoms with Gasteiger partial charge in [-0.2, -0.15) is 0 Å². The summed E-state index contributed by atoms with van der Waals surface area (Å²) < 4.78 is 1.11. The van der Waals surface area contributed by atoms with Gasteiger partial charge in [0, 0.05) is 9.89 Å². The Hall–Kier alpha value is -3.42. The molecule has 0 amide bonds. The van der Waals surface area contributed by atoms with Crippen LogP contribution in [0, 0.1) is 11.8 Å². The lowest BCUT2D eigenvalue weighted by atomic mass is 9.61. The summed E-state index contributed by atoms with van der Waals surface area (Å²) >= 11 is 3.56. The van der Waals surface area contributed by atoms with Gasteiger partial charge in [0.2, 0.25) is 0 Å². The molecule has 0 nitrogen and oxygen atoms in total. The molecule has 1 saturated carbocycles. The van der Waals surface area contributed by atoms with Crippen LogP contribution in [-0.4, -0.2) is 0 Å². The molecule has 192 valence electrons. The molecule has 0 aromatic heterocycles. The number of allylic oxidation sites excluding steroid dienone is 1. The van der Waals surface area contributed by atoms with E-state index in [2.05, 4.69) is 139 Å². The molecule has 0 aliphatic heterocycles. The first kappa shape index (κ1) is 24.6. The summed E-state index contributed by atoms with van der Waals surface area (Å²) in [5.41, 5.74) is 12.3. The van der Waals surface area contributed by atoms with Crippen LogP contribution >= 0.6 is 15.9 Å². The molecule has 3 unspecified atom stereocenters. The van der Waals surface area contributed by atoms with Gasteiger partial charge < -0.3 is 0 Å². The summed E-state index contributed by atoms with van der Waals surface area (Å²) in [6.45, 7) is 9.46. The van der Waals surface area contributed by atoms with Crippen molar-refractivity contribution in [1.29, 1.82) is 0 Å². The van der Waals surface area contributed by atoms with Crippen LogP contribution in [0.1, 0.15) is 44.2 Å². The van der Waals surface area contributed by atoms with Crippen molar-refractivity contribution in [3.05, 3.63) is 131 Å². The lowest BCUT2D eigenvalue weighted by molar-refractivity contribution is 0.251. The summed E-state index contributed by atoms with van der Waals surface area (Å²) in [6.07, 6.45) is 3.48. The van der Waals surface area contributed by atoms with Crippen LogP contribution in [-0.2, 0) is 5.41 Å². The van der Waals surface area contributed by atoms with Gasteiger partial charge in [-0.05, 0) is 98.5 Å². The van der Waals surface area contributed by atoms with Gasteiger partial charge in [-0.25, -0.2) is 0 Å². The third-order valence-corrected chi connectivity index (χ3v) is 9.90. The number of benzene rings is 5. The SMILES string of the molecule is C=C1CC(C)CC(C2(C)c3c(-c4ccc(-c5ccc(Br)cc5)cc4)cccc3-c3ccc4ccccc4c32)C1. The van der Waals surface area contributed by atoms with E-state index >= 15 is 0 Å². The average Bonchev–Trinajstić information content (AvgIpc) is 3.23. The highest BCUT2D eigenvalue weighted by molar-refractivity contribution is 9.10. The third kappa shape index (κ3) is 3.94. The van der Waals surface area contributed by atoms with E-state index in [1.807, 2.05) is 0 Å². The van der Waals surface area contributed by atoms with Crippen LogP contribution in [0.25, 0.3) is 44.2 Å². The number of hydrogen-bond donors (Lipinski definition) is 0. The van der Waals surface area contributed by atoms with E-state index in [0.29, 0.717) is 11.8 Å². The molecule has 0 spiro atoms. The Morgan fingerprint density at radius 1 is 0.667 bits per heavy atom. The smallest absolute Gasteiger partial charge is 0.0230 e. The molecule has 7 rings (SSSR count). The van der Waals surface area contributed by atoms with E-state index < -0.39 is 0 Å². The second-order valence-corrected chi connectivity index (χ2v) is 12.8. The second-order valence-electron chi connectivity index (χ2n) is 11.9. The van der Waals surface area contributed by atoms with E-state index in [-0.39, 0.29) is 5.41 Å². The van der Waals surface area contributed by atoms with Crippen molar-refractivity contribution in [2.75, 3.05) is 0 Å². The highest BCUT2D eigenvalue weighted by Gasteiger charge is 2.48. The maximum Gasteiger partial charge on any atom is 0.0230 e. The van der Waals surface area contributed by atoms with E-state index in [1.54, 1.807) is 0 Å². The van der Waals surface area contributed by atoms with Crippen molar-refractivity contribution in [2.45, 2.75) is 38.5 Å². The largest absolute Gasteiger partial charge is 0.0998 e. The predicted octanol–water partition coefficient (Wildman–Crippen LogP) is 11.2. The van der Waals surface area contributed by atoms with Crippen LogP contribution in [0.2, 0.25) is 0 Å². The maximum atomic E-state index is 4.51. The summed E-state index contributed by atoms with van der Waals surface area (Å²) in [7, 11) is 0. The zero-order valence-corrected chi connectivity index (χ0v) is 24.3. The quantitative estimate of drug-likeness (QED) is 0.190. The Bertz CT molecular complexity index is 1720. The minimum absolute atomic E-state index is 0.0931. The van der Waals surface area contributed by atoms with E-state index in [0.717, 1.165) is 17.3 Å². The third-order valence-electron chi connectivity index (χ3n) is 9.37. The predicted molar refractivity (Wildman–Crippen MR) is 170 cm³/mol. The number of halogens is 1. The number of rotatable bonds is 3. The first-order valence-electron chi connectivity index (χ1n) is 14.1. The topological polar surface area (TPSA) is 0 Å². The molecule has 2 aliphatic rings. The van der Waals surface area contributed by atoms with Crippen LogP contribution < -0.4 is 0 Å². The molecule has 2 aliphatic carbocycles. The van der Waals surface area contributed by atoms with Crippen LogP contribution in [0.15, 0.2) is 120 Å². The summed E-state index contributed by atoms with van der Waals surface area (Å²) in [5, 5.41) is 2.73. The Morgan fingerprint density at radius 2 is 1.31 bits per heavy atom. The van der Waals surface area contributed by atoms with Gasteiger partial charge in [-0.1, -0.05) is 133 Å². The number of hydrogen-bond acceptors (Lipinski definition) is 0. The van der Waals surface area contributed by atoms with Crippen molar-refractivity contribution in [3.8, 4) is 33.4 Å². The normalized spacial score (nSPS) is 22.1. The molecular formula is C38H33Br. The highest BCUT2D eigenvalue weighted by Crippen LogP contribution is 2.60. The number of fused-ring (bicyclic) bond motifs is 5. The molecule has 5 aromatic rings. The van der Waals surface area contributed by atoms with Crippen LogP contribution in [0.5, 0.6) is 0 Å². The van der Waals surface area contributed by atoms with Gasteiger partial charge in [0.15, 0.2) is 0 Å². The lowest BCUT2D eigenvalue weighted by Gasteiger charge is -2.42. The van der Waals surface area contributed by atoms with Gasteiger partial charge in [-0.3, -0.25) is 0 Å². The van der Waals surface area contributed by atoms with Crippen molar-refractivity contribution < 1.29 is 0 Å². The molecule has 0 saturated heterocycles. The fourth-order valence-corrected chi connectivity index (χ4v) is 7.93. The highest BCUT2D eigenvalue weighted by atomic mass is 79.9. The summed E-state index contributed by atoms with van der Waals surface area (Å²) in [5.74, 6) is 1.18. The molecule has 1 fully saturated rings. The van der Waals surface area contributed by atoms with Crippen LogP contribution in [0.4, 0.5) is 0 Å². The zero-order valence-electron chi connectivity index (χ0n) is 22.7. The molecule has 1 heteroatoms. The Kier molecular flexibility index (Phi) is 5.90. The first-order chi connectivity index (χ1) is 18.9. The molecular weight excluding hydrogens is 536 g/mol. The molecule has 0 radical (unpaired) electrons. The van der Waals surface area contributed by atoms with Crippen molar-refractivity contribution in [1.82, 2.24) is 0 Å². The molecule has 5 aromatic carbocycles. The lowest BCUT2D eigenvalue weighted by Crippen LogP contribution is -2.36. The average molecular weight is 570 g/mol. The van der Waals surface area contributed by atoms with Crippen molar-refractivity contribution >= 4 is 26.7 Å². The van der Waals surface area contributed by atoms with Gasteiger partial charge >= 0.3 is 0 Å². The van der Waals surface area contributed by atoms with Gasteiger partial charge in [0.05, 0.1) is 0 Å². The van der Waals surface area contributed by atoms with Crippen LogP contribution in [0.3, 0.4) is 0 Å². The zero-order chi connectivity index (χ0) is 26.7. The minimum Gasteiger partial charge on any atom is -0.0998 e. The molecule has 3 atom stereocenters. The van der Waals surface area contributed by atoms with Gasteiger partial charge in [-0.15, -0.1) is 0 Å². The monoisotopic (exact) mass is 568 g/mol. The Balaban J connectivity index is 1.44. The van der Waals surface area contributed by atoms with E-state index in [9.17, 15) is 0 Å².